The molecule has 0 aromatic rings. The first-order valence-electron chi connectivity index (χ1n) is 8.05. The van der Waals surface area contributed by atoms with Gasteiger partial charge in [-0.25, -0.2) is 4.79 Å². The van der Waals surface area contributed by atoms with Crippen molar-refractivity contribution in [3.8, 4) is 0 Å². The van der Waals surface area contributed by atoms with Crippen LogP contribution in [0, 0.1) is 17.8 Å². The fraction of sp³-hybridized carbons (Fsp3) is 0.938. The monoisotopic (exact) mass is 282 g/mol. The Balaban J connectivity index is 1.58. The highest BCUT2D eigenvalue weighted by Crippen LogP contribution is 2.49. The Labute approximate surface area is 123 Å². The summed E-state index contributed by atoms with van der Waals surface area (Å²) in [6.07, 6.45) is 5.41. The highest BCUT2D eigenvalue weighted by atomic mass is 16.6. The molecule has 0 aromatic heterocycles. The van der Waals surface area contributed by atoms with E-state index in [9.17, 15) is 4.79 Å². The molecule has 2 aliphatic carbocycles. The second kappa shape index (κ2) is 6.33. The molecule has 20 heavy (non-hydrogen) atoms. The van der Waals surface area contributed by atoms with Crippen molar-refractivity contribution in [1.82, 2.24) is 10.6 Å². The molecule has 2 saturated carbocycles. The quantitative estimate of drug-likeness (QED) is 0.762. The van der Waals surface area contributed by atoms with Gasteiger partial charge >= 0.3 is 6.09 Å². The summed E-state index contributed by atoms with van der Waals surface area (Å²) in [5.74, 6) is 2.78. The Bertz CT molecular complexity index is 338. The lowest BCUT2D eigenvalue weighted by Gasteiger charge is -2.28. The minimum atomic E-state index is -0.423. The van der Waals surface area contributed by atoms with Crippen LogP contribution in [0.5, 0.6) is 0 Å². The Kier molecular flexibility index (Phi) is 4.95. The van der Waals surface area contributed by atoms with E-state index in [1.165, 1.54) is 25.7 Å². The number of alkyl carbamates (subject to hydrolysis) is 1. The van der Waals surface area contributed by atoms with E-state index in [1.807, 2.05) is 20.8 Å². The Hall–Kier alpha value is -0.770. The average Bonchev–Trinajstić information content (AvgIpc) is 2.94. The zero-order valence-electron chi connectivity index (χ0n) is 13.4. The molecule has 116 valence electrons. The van der Waals surface area contributed by atoms with Gasteiger partial charge in [-0.15, -0.1) is 0 Å². The zero-order valence-corrected chi connectivity index (χ0v) is 13.4. The maximum atomic E-state index is 11.5. The number of nitrogens with one attached hydrogen (secondary N) is 2. The Morgan fingerprint density at radius 1 is 1.25 bits per heavy atom. The van der Waals surface area contributed by atoms with Gasteiger partial charge < -0.3 is 15.4 Å². The van der Waals surface area contributed by atoms with Crippen LogP contribution >= 0.6 is 0 Å². The van der Waals surface area contributed by atoms with Crippen LogP contribution in [0.25, 0.3) is 0 Å². The van der Waals surface area contributed by atoms with E-state index in [2.05, 4.69) is 17.6 Å². The molecule has 0 saturated heterocycles. The first kappa shape index (κ1) is 15.6. The van der Waals surface area contributed by atoms with Gasteiger partial charge in [0.25, 0.3) is 0 Å². The molecule has 2 bridgehead atoms. The van der Waals surface area contributed by atoms with E-state index in [-0.39, 0.29) is 6.09 Å². The third kappa shape index (κ3) is 4.37. The smallest absolute Gasteiger partial charge is 0.407 e. The van der Waals surface area contributed by atoms with Crippen molar-refractivity contribution < 1.29 is 9.53 Å². The van der Waals surface area contributed by atoms with Crippen molar-refractivity contribution >= 4 is 6.09 Å². The molecular formula is C16H30N2O2. The number of hydrogen-bond donors (Lipinski definition) is 2. The van der Waals surface area contributed by atoms with Crippen LogP contribution in [0.3, 0.4) is 0 Å². The summed E-state index contributed by atoms with van der Waals surface area (Å²) in [6.45, 7) is 9.36. The highest BCUT2D eigenvalue weighted by Gasteiger charge is 2.41. The summed E-state index contributed by atoms with van der Waals surface area (Å²) in [7, 11) is 0. The topological polar surface area (TPSA) is 50.4 Å². The van der Waals surface area contributed by atoms with Gasteiger partial charge in [0.05, 0.1) is 0 Å². The summed E-state index contributed by atoms with van der Waals surface area (Å²) in [5.41, 5.74) is -0.423. The number of rotatable bonds is 5. The molecule has 2 N–H and O–H groups in total. The minimum absolute atomic E-state index is 0.327. The van der Waals surface area contributed by atoms with Gasteiger partial charge in [-0.3, -0.25) is 0 Å². The number of fused-ring (bicyclic) bond motifs is 2. The standard InChI is InChI=1S/C16H30N2O2/c1-11(14-10-12-5-6-13(14)9-12)17-7-8-18-15(19)20-16(2,3)4/h11-14,17H,5-10H2,1-4H3,(H,18,19). The van der Waals surface area contributed by atoms with E-state index < -0.39 is 5.60 Å². The molecule has 0 radical (unpaired) electrons. The molecule has 2 fully saturated rings. The number of carbonyl (C=O) groups is 1. The fourth-order valence-electron chi connectivity index (χ4n) is 3.84. The van der Waals surface area contributed by atoms with Crippen LogP contribution in [0.1, 0.15) is 53.4 Å². The first-order valence-corrected chi connectivity index (χ1v) is 8.05. The molecular weight excluding hydrogens is 252 g/mol. The molecule has 4 nitrogen and oxygen atoms in total. The van der Waals surface area contributed by atoms with Crippen LogP contribution in [-0.4, -0.2) is 30.8 Å². The molecule has 0 spiro atoms. The number of carbonyl (C=O) groups excluding carboxylic acids is 1. The average molecular weight is 282 g/mol. The molecule has 0 aromatic carbocycles. The van der Waals surface area contributed by atoms with E-state index in [0.29, 0.717) is 12.6 Å². The van der Waals surface area contributed by atoms with Crippen LogP contribution in [0.2, 0.25) is 0 Å². The molecule has 0 aliphatic heterocycles. The Morgan fingerprint density at radius 2 is 2.00 bits per heavy atom. The lowest BCUT2D eigenvalue weighted by atomic mass is 9.84. The summed E-state index contributed by atoms with van der Waals surface area (Å²) in [5, 5.41) is 6.35. The molecule has 4 heteroatoms. The van der Waals surface area contributed by atoms with Gasteiger partial charge in [0.15, 0.2) is 0 Å². The van der Waals surface area contributed by atoms with Gasteiger partial charge in [-0.1, -0.05) is 6.42 Å². The zero-order chi connectivity index (χ0) is 14.8. The van der Waals surface area contributed by atoms with Gasteiger partial charge in [0.1, 0.15) is 5.60 Å². The molecule has 2 rings (SSSR count). The van der Waals surface area contributed by atoms with Gasteiger partial charge in [0.2, 0.25) is 0 Å². The predicted molar refractivity (Wildman–Crippen MR) is 80.6 cm³/mol. The van der Waals surface area contributed by atoms with Crippen molar-refractivity contribution in [3.05, 3.63) is 0 Å². The molecule has 2 aliphatic rings. The van der Waals surface area contributed by atoms with Crippen LogP contribution in [-0.2, 0) is 4.74 Å². The van der Waals surface area contributed by atoms with Crippen molar-refractivity contribution in [2.45, 2.75) is 65.0 Å². The van der Waals surface area contributed by atoms with Crippen LogP contribution in [0.15, 0.2) is 0 Å². The van der Waals surface area contributed by atoms with Crippen LogP contribution in [0.4, 0.5) is 4.79 Å². The summed E-state index contributed by atoms with van der Waals surface area (Å²) in [6, 6.07) is 0.561. The van der Waals surface area contributed by atoms with E-state index in [0.717, 1.165) is 24.3 Å². The molecule has 1 amide bonds. The maximum Gasteiger partial charge on any atom is 0.407 e. The van der Waals surface area contributed by atoms with Gasteiger partial charge in [-0.2, -0.15) is 0 Å². The van der Waals surface area contributed by atoms with Gasteiger partial charge in [0, 0.05) is 19.1 Å². The third-order valence-corrected chi connectivity index (χ3v) is 4.69. The van der Waals surface area contributed by atoms with Crippen molar-refractivity contribution in [1.29, 1.82) is 0 Å². The Morgan fingerprint density at radius 3 is 2.55 bits per heavy atom. The van der Waals surface area contributed by atoms with Crippen molar-refractivity contribution in [3.63, 3.8) is 0 Å². The highest BCUT2D eigenvalue weighted by molar-refractivity contribution is 5.67. The van der Waals surface area contributed by atoms with Crippen molar-refractivity contribution in [2.75, 3.05) is 13.1 Å². The second-order valence-electron chi connectivity index (χ2n) is 7.51. The minimum Gasteiger partial charge on any atom is -0.444 e. The molecule has 0 heterocycles. The molecule has 4 unspecified atom stereocenters. The van der Waals surface area contributed by atoms with Crippen molar-refractivity contribution in [2.24, 2.45) is 17.8 Å². The maximum absolute atomic E-state index is 11.5. The summed E-state index contributed by atoms with van der Waals surface area (Å²) < 4.78 is 5.21. The van der Waals surface area contributed by atoms with E-state index in [4.69, 9.17) is 4.74 Å². The van der Waals surface area contributed by atoms with E-state index >= 15 is 0 Å². The second-order valence-corrected chi connectivity index (χ2v) is 7.51. The number of ether oxygens (including phenoxy) is 1. The summed E-state index contributed by atoms with van der Waals surface area (Å²) >= 11 is 0. The first-order chi connectivity index (χ1) is 9.35. The van der Waals surface area contributed by atoms with E-state index in [1.54, 1.807) is 0 Å². The third-order valence-electron chi connectivity index (χ3n) is 4.69. The fourth-order valence-corrected chi connectivity index (χ4v) is 3.84. The van der Waals surface area contributed by atoms with Gasteiger partial charge in [-0.05, 0) is 64.7 Å². The van der Waals surface area contributed by atoms with Crippen LogP contribution < -0.4 is 10.6 Å². The normalized spacial score (nSPS) is 30.3. The number of amides is 1. The SMILES string of the molecule is CC(NCCNC(=O)OC(C)(C)C)C1CC2CCC1C2. The summed E-state index contributed by atoms with van der Waals surface area (Å²) in [4.78, 5) is 11.5. The lowest BCUT2D eigenvalue weighted by Crippen LogP contribution is -2.41. The molecule has 4 atom stereocenters. The number of hydrogen-bond acceptors (Lipinski definition) is 3. The predicted octanol–water partition coefficient (Wildman–Crippen LogP) is 2.93. The lowest BCUT2D eigenvalue weighted by molar-refractivity contribution is 0.0527. The largest absolute Gasteiger partial charge is 0.444 e.